The summed E-state index contributed by atoms with van der Waals surface area (Å²) in [7, 11) is 0. The maximum atomic E-state index is 12.1. The van der Waals surface area contributed by atoms with Crippen LogP contribution in [0.5, 0.6) is 0 Å². The first kappa shape index (κ1) is 19.4. The number of nitrogens with two attached hydrogens (primary N) is 1. The van der Waals surface area contributed by atoms with E-state index in [1.807, 2.05) is 38.1 Å². The first-order valence-electron chi connectivity index (χ1n) is 9.76. The van der Waals surface area contributed by atoms with Crippen LogP contribution in [0.1, 0.15) is 42.2 Å². The minimum atomic E-state index is 0.103. The van der Waals surface area contributed by atoms with E-state index in [2.05, 4.69) is 15.2 Å². The Morgan fingerprint density at radius 3 is 2.70 bits per heavy atom. The Morgan fingerprint density at radius 2 is 2.04 bits per heavy atom. The number of nitrogen functional groups attached to an aromatic ring is 1. The fourth-order valence-electron chi connectivity index (χ4n) is 3.50. The maximum absolute atomic E-state index is 12.1. The van der Waals surface area contributed by atoms with Gasteiger partial charge in [-0.25, -0.2) is 4.98 Å². The summed E-state index contributed by atoms with van der Waals surface area (Å²) in [5, 5.41) is 3.09. The summed E-state index contributed by atoms with van der Waals surface area (Å²) < 4.78 is 5.68. The van der Waals surface area contributed by atoms with Gasteiger partial charge in [-0.2, -0.15) is 0 Å². The van der Waals surface area contributed by atoms with Crippen molar-refractivity contribution in [3.63, 3.8) is 0 Å². The van der Waals surface area contributed by atoms with Crippen LogP contribution >= 0.6 is 0 Å². The van der Waals surface area contributed by atoms with Gasteiger partial charge in [-0.3, -0.25) is 9.69 Å². The summed E-state index contributed by atoms with van der Waals surface area (Å²) in [5.41, 5.74) is 8.70. The molecule has 3 N–H and O–H groups in total. The smallest absolute Gasteiger partial charge is 0.220 e. The number of benzene rings is 1. The molecule has 1 amide bonds. The van der Waals surface area contributed by atoms with E-state index in [4.69, 9.17) is 10.2 Å². The predicted octanol–water partition coefficient (Wildman–Crippen LogP) is 2.83. The molecule has 0 unspecified atom stereocenters. The highest BCUT2D eigenvalue weighted by Crippen LogP contribution is 2.19. The van der Waals surface area contributed by atoms with Crippen LogP contribution < -0.4 is 11.1 Å². The van der Waals surface area contributed by atoms with Crippen LogP contribution in [-0.2, 0) is 17.8 Å². The van der Waals surface area contributed by atoms with E-state index in [1.54, 1.807) is 0 Å². The molecule has 0 spiro atoms. The Bertz CT molecular complexity index is 744. The van der Waals surface area contributed by atoms with E-state index in [1.165, 1.54) is 0 Å². The minimum Gasteiger partial charge on any atom is -0.444 e. The molecule has 1 fully saturated rings. The molecule has 1 aliphatic rings. The van der Waals surface area contributed by atoms with Crippen molar-refractivity contribution in [2.45, 2.75) is 46.1 Å². The summed E-state index contributed by atoms with van der Waals surface area (Å²) in [6.45, 7) is 7.49. The largest absolute Gasteiger partial charge is 0.444 e. The third-order valence-electron chi connectivity index (χ3n) is 5.40. The maximum Gasteiger partial charge on any atom is 0.220 e. The summed E-state index contributed by atoms with van der Waals surface area (Å²) in [6, 6.07) is 7.73. The molecule has 0 radical (unpaired) electrons. The number of rotatable bonds is 7. The average Bonchev–Trinajstić information content (AvgIpc) is 2.97. The number of likely N-dealkylation sites (tertiary alicyclic amines) is 1. The monoisotopic (exact) mass is 370 g/mol. The van der Waals surface area contributed by atoms with Gasteiger partial charge in [0.1, 0.15) is 5.76 Å². The standard InChI is InChI=1S/C21H30N4O2/c1-15-16(2)27-21(24-15)14-25-11-9-17(10-12-25)13-23-20(26)8-7-18-5-3-4-6-19(18)22/h3-6,17H,7-14,22H2,1-2H3,(H,23,26). The van der Waals surface area contributed by atoms with Gasteiger partial charge in [0.2, 0.25) is 11.8 Å². The number of anilines is 1. The number of para-hydroxylation sites is 1. The summed E-state index contributed by atoms with van der Waals surface area (Å²) in [4.78, 5) is 19.0. The Kier molecular flexibility index (Phi) is 6.50. The first-order chi connectivity index (χ1) is 13.0. The number of carbonyl (C=O) groups is 1. The molecule has 0 atom stereocenters. The lowest BCUT2D eigenvalue weighted by Crippen LogP contribution is -2.38. The molecule has 6 nitrogen and oxygen atoms in total. The summed E-state index contributed by atoms with van der Waals surface area (Å²) in [6.07, 6.45) is 3.34. The number of piperidine rings is 1. The third kappa shape index (κ3) is 5.57. The van der Waals surface area contributed by atoms with Gasteiger partial charge in [0.25, 0.3) is 0 Å². The van der Waals surface area contributed by atoms with Crippen LogP contribution in [-0.4, -0.2) is 35.4 Å². The highest BCUT2D eigenvalue weighted by atomic mass is 16.4. The van der Waals surface area contributed by atoms with Crippen molar-refractivity contribution >= 4 is 11.6 Å². The van der Waals surface area contributed by atoms with Crippen LogP contribution in [0.2, 0.25) is 0 Å². The van der Waals surface area contributed by atoms with Gasteiger partial charge in [-0.1, -0.05) is 18.2 Å². The Morgan fingerprint density at radius 1 is 1.30 bits per heavy atom. The minimum absolute atomic E-state index is 0.103. The van der Waals surface area contributed by atoms with Crippen LogP contribution in [0, 0.1) is 19.8 Å². The van der Waals surface area contributed by atoms with E-state index in [0.29, 0.717) is 18.8 Å². The molecule has 2 aromatic rings. The number of aryl methyl sites for hydroxylation is 3. The molecule has 0 bridgehead atoms. The number of nitrogens with one attached hydrogen (secondary N) is 1. The number of aromatic nitrogens is 1. The summed E-state index contributed by atoms with van der Waals surface area (Å²) in [5.74, 6) is 2.35. The van der Waals surface area contributed by atoms with Gasteiger partial charge in [0, 0.05) is 18.7 Å². The van der Waals surface area contributed by atoms with Gasteiger partial charge >= 0.3 is 0 Å². The molecule has 0 saturated carbocycles. The van der Waals surface area contributed by atoms with Crippen LogP contribution in [0.4, 0.5) is 5.69 Å². The quantitative estimate of drug-likeness (QED) is 0.732. The topological polar surface area (TPSA) is 84.4 Å². The van der Waals surface area contributed by atoms with Gasteiger partial charge in [-0.15, -0.1) is 0 Å². The molecule has 1 aromatic carbocycles. The zero-order valence-electron chi connectivity index (χ0n) is 16.3. The van der Waals surface area contributed by atoms with Crippen molar-refractivity contribution in [1.82, 2.24) is 15.2 Å². The molecule has 27 heavy (non-hydrogen) atoms. The zero-order chi connectivity index (χ0) is 19.2. The predicted molar refractivity (Wildman–Crippen MR) is 106 cm³/mol. The van der Waals surface area contributed by atoms with Crippen molar-refractivity contribution in [2.75, 3.05) is 25.4 Å². The van der Waals surface area contributed by atoms with E-state index >= 15 is 0 Å². The second-order valence-electron chi connectivity index (χ2n) is 7.47. The number of hydrogen-bond acceptors (Lipinski definition) is 5. The zero-order valence-corrected chi connectivity index (χ0v) is 16.3. The summed E-state index contributed by atoms with van der Waals surface area (Å²) >= 11 is 0. The second-order valence-corrected chi connectivity index (χ2v) is 7.47. The SMILES string of the molecule is Cc1nc(CN2CCC(CNC(=O)CCc3ccccc3N)CC2)oc1C. The molecule has 146 valence electrons. The molecule has 6 heteroatoms. The van der Waals surface area contributed by atoms with Gasteiger partial charge in [0.15, 0.2) is 0 Å². The lowest BCUT2D eigenvalue weighted by atomic mass is 9.96. The van der Waals surface area contributed by atoms with Gasteiger partial charge < -0.3 is 15.5 Å². The number of oxazole rings is 1. The number of carbonyl (C=O) groups excluding carboxylic acids is 1. The third-order valence-corrected chi connectivity index (χ3v) is 5.40. The van der Waals surface area contributed by atoms with Crippen molar-refractivity contribution in [3.05, 3.63) is 47.2 Å². The average molecular weight is 370 g/mol. The Labute approximate surface area is 161 Å². The second kappa shape index (κ2) is 9.04. The number of nitrogens with zero attached hydrogens (tertiary/aromatic N) is 2. The molecular formula is C21H30N4O2. The van der Waals surface area contributed by atoms with Crippen LogP contribution in [0.15, 0.2) is 28.7 Å². The Hall–Kier alpha value is -2.34. The fraction of sp³-hybridized carbons (Fsp3) is 0.524. The highest BCUT2D eigenvalue weighted by molar-refractivity contribution is 5.76. The lowest BCUT2D eigenvalue weighted by molar-refractivity contribution is -0.121. The molecule has 0 aliphatic carbocycles. The van der Waals surface area contributed by atoms with E-state index in [-0.39, 0.29) is 5.91 Å². The van der Waals surface area contributed by atoms with Gasteiger partial charge in [0.05, 0.1) is 12.2 Å². The van der Waals surface area contributed by atoms with Crippen LogP contribution in [0.3, 0.4) is 0 Å². The van der Waals surface area contributed by atoms with Crippen molar-refractivity contribution in [3.8, 4) is 0 Å². The first-order valence-corrected chi connectivity index (χ1v) is 9.76. The van der Waals surface area contributed by atoms with Gasteiger partial charge in [-0.05, 0) is 63.7 Å². The van der Waals surface area contributed by atoms with Crippen LogP contribution in [0.25, 0.3) is 0 Å². The molecule has 1 saturated heterocycles. The molecular weight excluding hydrogens is 340 g/mol. The lowest BCUT2D eigenvalue weighted by Gasteiger charge is -2.31. The molecule has 1 aromatic heterocycles. The Balaban J connectivity index is 1.34. The molecule has 3 rings (SSSR count). The van der Waals surface area contributed by atoms with Crippen molar-refractivity contribution in [2.24, 2.45) is 5.92 Å². The number of hydrogen-bond donors (Lipinski definition) is 2. The number of amides is 1. The van der Waals surface area contributed by atoms with E-state index in [0.717, 1.165) is 67.6 Å². The van der Waals surface area contributed by atoms with Crippen molar-refractivity contribution < 1.29 is 9.21 Å². The van der Waals surface area contributed by atoms with E-state index < -0.39 is 0 Å². The fourth-order valence-corrected chi connectivity index (χ4v) is 3.50. The van der Waals surface area contributed by atoms with Crippen molar-refractivity contribution in [1.29, 1.82) is 0 Å². The molecule has 1 aliphatic heterocycles. The molecule has 2 heterocycles. The normalized spacial score (nSPS) is 15.8. The highest BCUT2D eigenvalue weighted by Gasteiger charge is 2.21. The van der Waals surface area contributed by atoms with E-state index in [9.17, 15) is 4.79 Å².